The van der Waals surface area contributed by atoms with Crippen LogP contribution in [0.4, 0.5) is 0 Å². The van der Waals surface area contributed by atoms with Crippen LogP contribution >= 0.6 is 11.3 Å². The lowest BCUT2D eigenvalue weighted by Gasteiger charge is -2.16. The van der Waals surface area contributed by atoms with Crippen molar-refractivity contribution in [2.24, 2.45) is 0 Å². The summed E-state index contributed by atoms with van der Waals surface area (Å²) in [5.74, 6) is 1.81. The van der Waals surface area contributed by atoms with Gasteiger partial charge in [0.25, 0.3) is 0 Å². The number of nitrogens with zero attached hydrogens (tertiary/aromatic N) is 5. The molecule has 0 bridgehead atoms. The van der Waals surface area contributed by atoms with Crippen LogP contribution in [-0.4, -0.2) is 24.1 Å². The van der Waals surface area contributed by atoms with Crippen molar-refractivity contribution in [3.63, 3.8) is 0 Å². The van der Waals surface area contributed by atoms with Crippen LogP contribution in [0.3, 0.4) is 0 Å². The predicted molar refractivity (Wildman–Crippen MR) is 298 cm³/mol. The molecular formula is C65H39N5S. The van der Waals surface area contributed by atoms with Crippen molar-refractivity contribution in [2.45, 2.75) is 0 Å². The summed E-state index contributed by atoms with van der Waals surface area (Å²) in [5.41, 5.74) is 11.6. The van der Waals surface area contributed by atoms with Gasteiger partial charge in [0.1, 0.15) is 0 Å². The summed E-state index contributed by atoms with van der Waals surface area (Å²) in [4.78, 5) is 16.5. The first-order chi connectivity index (χ1) is 35.2. The third-order valence-corrected chi connectivity index (χ3v) is 15.4. The molecule has 4 aromatic heterocycles. The van der Waals surface area contributed by atoms with Gasteiger partial charge in [0.05, 0.1) is 27.8 Å². The molecule has 71 heavy (non-hydrogen) atoms. The molecule has 0 aliphatic rings. The molecule has 15 aromatic rings. The molecule has 0 saturated carbocycles. The predicted octanol–water partition coefficient (Wildman–Crippen LogP) is 17.4. The number of thiophene rings is 1. The monoisotopic (exact) mass is 921 g/mol. The van der Waals surface area contributed by atoms with Crippen LogP contribution in [0, 0.1) is 0 Å². The Kier molecular flexibility index (Phi) is 8.76. The van der Waals surface area contributed by atoms with E-state index in [2.05, 4.69) is 246 Å². The highest BCUT2D eigenvalue weighted by molar-refractivity contribution is 7.26. The van der Waals surface area contributed by atoms with E-state index in [0.29, 0.717) is 17.5 Å². The van der Waals surface area contributed by atoms with E-state index in [1.165, 1.54) is 63.3 Å². The Morgan fingerprint density at radius 1 is 0.282 bits per heavy atom. The van der Waals surface area contributed by atoms with Crippen molar-refractivity contribution >= 4 is 96.7 Å². The summed E-state index contributed by atoms with van der Waals surface area (Å²) in [5, 5.41) is 12.0. The van der Waals surface area contributed by atoms with E-state index in [-0.39, 0.29) is 0 Å². The fraction of sp³-hybridized carbons (Fsp3) is 0. The van der Waals surface area contributed by atoms with Gasteiger partial charge in [-0.2, -0.15) is 0 Å². The standard InChI is InChI=1S/C65H39N5S/c1-3-15-40(16-4-1)41-27-29-42(30-28-41)63-66-64(47-31-32-51-49-23-11-13-25-56(49)69(58(51)36-47)48-21-5-2-6-22-48)68-65(67-63)55-39-62-54(53-34-44-18-8-10-20-46(44)37-61(53)71-62)38-60(55)70-57-26-14-12-24-50(57)52-33-43-17-7-9-19-45(43)35-59(52)70/h1-39H. The second-order valence-electron chi connectivity index (χ2n) is 18.4. The van der Waals surface area contributed by atoms with Gasteiger partial charge >= 0.3 is 0 Å². The van der Waals surface area contributed by atoms with Crippen LogP contribution in [0.2, 0.25) is 0 Å². The average molecular weight is 922 g/mol. The SMILES string of the molecule is c1ccc(-c2ccc(-c3nc(-c4ccc5c6ccccc6n(-c6ccccc6)c5c4)nc(-c4cc5sc6cc7ccccc7cc6c5cc4-n4c5ccccc5c5cc6ccccc6cc54)n3)cc2)cc1. The van der Waals surface area contributed by atoms with E-state index >= 15 is 0 Å². The number of rotatable bonds is 6. The zero-order valence-electron chi connectivity index (χ0n) is 38.2. The third-order valence-electron chi connectivity index (χ3n) is 14.3. The summed E-state index contributed by atoms with van der Waals surface area (Å²) in [6.07, 6.45) is 0. The first-order valence-electron chi connectivity index (χ1n) is 24.0. The van der Waals surface area contributed by atoms with Gasteiger partial charge in [0, 0.05) is 64.1 Å². The molecule has 15 rings (SSSR count). The number of benzene rings is 11. The summed E-state index contributed by atoms with van der Waals surface area (Å²) in [7, 11) is 0. The minimum absolute atomic E-state index is 0.603. The minimum Gasteiger partial charge on any atom is -0.309 e. The first kappa shape index (κ1) is 39.7. The van der Waals surface area contributed by atoms with Crippen molar-refractivity contribution in [3.05, 3.63) is 237 Å². The molecule has 0 saturated heterocycles. The average Bonchev–Trinajstić information content (AvgIpc) is 4.08. The summed E-state index contributed by atoms with van der Waals surface area (Å²) < 4.78 is 7.21. The van der Waals surface area contributed by atoms with Crippen LogP contribution in [0.25, 0.3) is 142 Å². The lowest BCUT2D eigenvalue weighted by atomic mass is 10.0. The highest BCUT2D eigenvalue weighted by Crippen LogP contribution is 2.44. The number of para-hydroxylation sites is 3. The van der Waals surface area contributed by atoms with Crippen LogP contribution < -0.4 is 0 Å². The van der Waals surface area contributed by atoms with E-state index in [0.717, 1.165) is 61.3 Å². The normalized spacial score (nSPS) is 11.9. The van der Waals surface area contributed by atoms with Gasteiger partial charge < -0.3 is 9.13 Å². The smallest absolute Gasteiger partial charge is 0.166 e. The number of aromatic nitrogens is 5. The molecule has 330 valence electrons. The van der Waals surface area contributed by atoms with Gasteiger partial charge in [-0.3, -0.25) is 0 Å². The molecule has 0 amide bonds. The zero-order valence-corrected chi connectivity index (χ0v) is 39.0. The highest BCUT2D eigenvalue weighted by Gasteiger charge is 2.23. The van der Waals surface area contributed by atoms with E-state index < -0.39 is 0 Å². The van der Waals surface area contributed by atoms with Crippen LogP contribution in [-0.2, 0) is 0 Å². The Balaban J connectivity index is 1.03. The van der Waals surface area contributed by atoms with Crippen LogP contribution in [0.5, 0.6) is 0 Å². The van der Waals surface area contributed by atoms with E-state index in [1.54, 1.807) is 0 Å². The van der Waals surface area contributed by atoms with E-state index in [4.69, 9.17) is 15.0 Å². The lowest BCUT2D eigenvalue weighted by Crippen LogP contribution is -2.04. The minimum atomic E-state index is 0.603. The summed E-state index contributed by atoms with van der Waals surface area (Å²) in [6.45, 7) is 0. The fourth-order valence-corrected chi connectivity index (χ4v) is 12.1. The lowest BCUT2D eigenvalue weighted by molar-refractivity contribution is 1.07. The van der Waals surface area contributed by atoms with Gasteiger partial charge in [-0.05, 0) is 99.4 Å². The van der Waals surface area contributed by atoms with Crippen molar-refractivity contribution in [2.75, 3.05) is 0 Å². The molecule has 0 radical (unpaired) electrons. The summed E-state index contributed by atoms with van der Waals surface area (Å²) >= 11 is 1.82. The Morgan fingerprint density at radius 2 is 0.761 bits per heavy atom. The number of fused-ring (bicyclic) bond motifs is 11. The molecule has 4 heterocycles. The van der Waals surface area contributed by atoms with Crippen molar-refractivity contribution in [1.29, 1.82) is 0 Å². The third kappa shape index (κ3) is 6.35. The molecule has 0 unspecified atom stereocenters. The van der Waals surface area contributed by atoms with E-state index in [1.807, 2.05) is 11.3 Å². The Bertz CT molecular complexity index is 4620. The van der Waals surface area contributed by atoms with E-state index in [9.17, 15) is 0 Å². The molecule has 11 aromatic carbocycles. The van der Waals surface area contributed by atoms with Gasteiger partial charge in [0.2, 0.25) is 0 Å². The topological polar surface area (TPSA) is 48.5 Å². The maximum absolute atomic E-state index is 5.57. The first-order valence-corrected chi connectivity index (χ1v) is 24.8. The second kappa shape index (κ2) is 15.7. The van der Waals surface area contributed by atoms with Crippen molar-refractivity contribution < 1.29 is 0 Å². The molecule has 0 atom stereocenters. The number of hydrogen-bond donors (Lipinski definition) is 0. The molecule has 6 heteroatoms. The molecule has 0 aliphatic heterocycles. The van der Waals surface area contributed by atoms with Gasteiger partial charge in [-0.1, -0.05) is 170 Å². The van der Waals surface area contributed by atoms with Crippen molar-refractivity contribution in [1.82, 2.24) is 24.1 Å². The molecule has 0 fully saturated rings. The number of hydrogen-bond acceptors (Lipinski definition) is 4. The second-order valence-corrected chi connectivity index (χ2v) is 19.5. The molecule has 0 spiro atoms. The molecular weight excluding hydrogens is 883 g/mol. The molecule has 0 aliphatic carbocycles. The molecule has 0 N–H and O–H groups in total. The largest absolute Gasteiger partial charge is 0.309 e. The fourth-order valence-electron chi connectivity index (χ4n) is 10.9. The van der Waals surface area contributed by atoms with Crippen molar-refractivity contribution in [3.8, 4) is 56.7 Å². The molecule has 5 nitrogen and oxygen atoms in total. The van der Waals surface area contributed by atoms with Gasteiger partial charge in [0.15, 0.2) is 17.5 Å². The Labute approximate surface area is 411 Å². The highest BCUT2D eigenvalue weighted by atomic mass is 32.1. The Hall–Kier alpha value is -9.23. The van der Waals surface area contributed by atoms with Crippen LogP contribution in [0.15, 0.2) is 237 Å². The maximum atomic E-state index is 5.57. The summed E-state index contributed by atoms with van der Waals surface area (Å²) in [6, 6.07) is 85.2. The Morgan fingerprint density at radius 3 is 1.49 bits per heavy atom. The van der Waals surface area contributed by atoms with Gasteiger partial charge in [-0.15, -0.1) is 11.3 Å². The van der Waals surface area contributed by atoms with Gasteiger partial charge in [-0.25, -0.2) is 15.0 Å². The van der Waals surface area contributed by atoms with Crippen LogP contribution in [0.1, 0.15) is 0 Å². The quantitative estimate of drug-likeness (QED) is 0.167. The maximum Gasteiger partial charge on any atom is 0.166 e. The zero-order chi connectivity index (χ0) is 46.6.